The van der Waals surface area contributed by atoms with Gasteiger partial charge >= 0.3 is 0 Å². The van der Waals surface area contributed by atoms with Gasteiger partial charge in [-0.15, -0.1) is 0 Å². The van der Waals surface area contributed by atoms with Crippen LogP contribution in [0.5, 0.6) is 0 Å². The van der Waals surface area contributed by atoms with Crippen LogP contribution in [0.3, 0.4) is 0 Å². The van der Waals surface area contributed by atoms with Crippen molar-refractivity contribution in [3.05, 3.63) is 70.4 Å². The zero-order valence-electron chi connectivity index (χ0n) is 19.4. The van der Waals surface area contributed by atoms with Crippen molar-refractivity contribution in [3.8, 4) is 0 Å². The SMILES string of the molecule is CN1CC2(C1)CN(c1ncc(C(=O)NCc3ncccn3)c(NCc3ccc(CO)c(Cl)c3)n1)C2. The molecule has 1 spiro atoms. The molecule has 1 aromatic carbocycles. The molecule has 5 rings (SSSR count). The van der Waals surface area contributed by atoms with Crippen molar-refractivity contribution >= 4 is 29.3 Å². The quantitative estimate of drug-likeness (QED) is 0.430. The molecule has 0 unspecified atom stereocenters. The van der Waals surface area contributed by atoms with Crippen molar-refractivity contribution in [1.29, 1.82) is 0 Å². The maximum absolute atomic E-state index is 13.0. The Kier molecular flexibility index (Phi) is 6.50. The fourth-order valence-corrected chi connectivity index (χ4v) is 4.98. The van der Waals surface area contributed by atoms with E-state index in [0.717, 1.165) is 31.7 Å². The summed E-state index contributed by atoms with van der Waals surface area (Å²) in [5.41, 5.74) is 2.23. The number of nitrogens with one attached hydrogen (secondary N) is 2. The number of aliphatic hydroxyl groups excluding tert-OH is 1. The Morgan fingerprint density at radius 2 is 1.91 bits per heavy atom. The van der Waals surface area contributed by atoms with Crippen LogP contribution in [0.15, 0.2) is 42.9 Å². The number of hydrogen-bond donors (Lipinski definition) is 3. The summed E-state index contributed by atoms with van der Waals surface area (Å²) in [5.74, 6) is 1.24. The number of rotatable bonds is 8. The molecule has 2 saturated heterocycles. The second-order valence-corrected chi connectivity index (χ2v) is 9.65. The van der Waals surface area contributed by atoms with Gasteiger partial charge in [-0.25, -0.2) is 15.0 Å². The van der Waals surface area contributed by atoms with Crippen LogP contribution in [0.25, 0.3) is 0 Å². The molecule has 10 nitrogen and oxygen atoms in total. The zero-order chi connectivity index (χ0) is 24.4. The van der Waals surface area contributed by atoms with Crippen molar-refractivity contribution in [2.75, 3.05) is 43.4 Å². The van der Waals surface area contributed by atoms with Crippen LogP contribution in [0.2, 0.25) is 5.02 Å². The minimum absolute atomic E-state index is 0.121. The molecule has 2 aromatic heterocycles. The number of halogens is 1. The van der Waals surface area contributed by atoms with Crippen molar-refractivity contribution in [2.45, 2.75) is 19.7 Å². The molecule has 0 bridgehead atoms. The molecule has 11 heteroatoms. The topological polar surface area (TPSA) is 119 Å². The van der Waals surface area contributed by atoms with Crippen molar-refractivity contribution in [2.24, 2.45) is 5.41 Å². The van der Waals surface area contributed by atoms with Crippen LogP contribution >= 0.6 is 11.6 Å². The number of hydrogen-bond acceptors (Lipinski definition) is 9. The molecule has 0 atom stereocenters. The lowest BCUT2D eigenvalue weighted by Crippen LogP contribution is -2.71. The predicted molar refractivity (Wildman–Crippen MR) is 132 cm³/mol. The van der Waals surface area contributed by atoms with Gasteiger partial charge in [0, 0.05) is 61.8 Å². The van der Waals surface area contributed by atoms with Gasteiger partial charge in [-0.1, -0.05) is 23.7 Å². The van der Waals surface area contributed by atoms with E-state index in [0.29, 0.717) is 45.7 Å². The van der Waals surface area contributed by atoms with Gasteiger partial charge < -0.3 is 25.5 Å². The predicted octanol–water partition coefficient (Wildman–Crippen LogP) is 1.71. The molecule has 2 aliphatic rings. The summed E-state index contributed by atoms with van der Waals surface area (Å²) in [6.07, 6.45) is 4.82. The fourth-order valence-electron chi connectivity index (χ4n) is 4.72. The van der Waals surface area contributed by atoms with E-state index in [1.165, 1.54) is 0 Å². The summed E-state index contributed by atoms with van der Waals surface area (Å²) >= 11 is 6.24. The molecule has 1 amide bonds. The zero-order valence-corrected chi connectivity index (χ0v) is 20.2. The fraction of sp³-hybridized carbons (Fsp3) is 0.375. The molecular formula is C24H27ClN8O2. The van der Waals surface area contributed by atoms with Gasteiger partial charge in [0.2, 0.25) is 5.95 Å². The Labute approximate surface area is 208 Å². The summed E-state index contributed by atoms with van der Waals surface area (Å²) in [4.78, 5) is 34.9. The molecule has 35 heavy (non-hydrogen) atoms. The van der Waals surface area contributed by atoms with Gasteiger partial charge in [-0.2, -0.15) is 4.98 Å². The molecule has 182 valence electrons. The van der Waals surface area contributed by atoms with Gasteiger partial charge in [0.25, 0.3) is 5.91 Å². The smallest absolute Gasteiger partial charge is 0.256 e. The minimum Gasteiger partial charge on any atom is -0.392 e. The number of carbonyl (C=O) groups is 1. The molecular weight excluding hydrogens is 468 g/mol. The largest absolute Gasteiger partial charge is 0.392 e. The van der Waals surface area contributed by atoms with Crippen molar-refractivity contribution in [1.82, 2.24) is 30.2 Å². The van der Waals surface area contributed by atoms with Gasteiger partial charge in [0.05, 0.1) is 13.2 Å². The molecule has 3 aromatic rings. The number of aliphatic hydroxyl groups is 1. The summed E-state index contributed by atoms with van der Waals surface area (Å²) in [5, 5.41) is 16.0. The van der Waals surface area contributed by atoms with Crippen LogP contribution in [-0.2, 0) is 19.7 Å². The molecule has 4 heterocycles. The third-order valence-corrected chi connectivity index (χ3v) is 6.69. The van der Waals surface area contributed by atoms with E-state index in [1.54, 1.807) is 36.8 Å². The lowest BCUT2D eigenvalue weighted by molar-refractivity contribution is -0.00323. The van der Waals surface area contributed by atoms with E-state index in [2.05, 4.69) is 42.4 Å². The van der Waals surface area contributed by atoms with E-state index in [9.17, 15) is 9.90 Å². The highest BCUT2D eigenvalue weighted by Crippen LogP contribution is 2.40. The first-order chi connectivity index (χ1) is 16.9. The average molecular weight is 495 g/mol. The van der Waals surface area contributed by atoms with Crippen molar-refractivity contribution in [3.63, 3.8) is 0 Å². The molecule has 0 aliphatic carbocycles. The number of amides is 1. The lowest BCUT2D eigenvalue weighted by Gasteiger charge is -2.59. The monoisotopic (exact) mass is 494 g/mol. The van der Waals surface area contributed by atoms with E-state index in [-0.39, 0.29) is 19.1 Å². The normalized spacial score (nSPS) is 16.5. The van der Waals surface area contributed by atoms with Crippen molar-refractivity contribution < 1.29 is 9.90 Å². The molecule has 0 radical (unpaired) electrons. The van der Waals surface area contributed by atoms with Gasteiger partial charge in [-0.05, 0) is 30.3 Å². The van der Waals surface area contributed by atoms with Crippen LogP contribution in [0, 0.1) is 5.41 Å². The van der Waals surface area contributed by atoms with Crippen LogP contribution in [-0.4, -0.2) is 69.1 Å². The second kappa shape index (κ2) is 9.73. The van der Waals surface area contributed by atoms with Crippen LogP contribution < -0.4 is 15.5 Å². The maximum atomic E-state index is 13.0. The van der Waals surface area contributed by atoms with E-state index in [4.69, 9.17) is 16.6 Å². The highest BCUT2D eigenvalue weighted by atomic mass is 35.5. The minimum atomic E-state index is -0.319. The first-order valence-corrected chi connectivity index (χ1v) is 11.8. The van der Waals surface area contributed by atoms with Crippen LogP contribution in [0.1, 0.15) is 27.3 Å². The number of nitrogens with zero attached hydrogens (tertiary/aromatic N) is 6. The first kappa shape index (κ1) is 23.4. The van der Waals surface area contributed by atoms with E-state index in [1.807, 2.05) is 6.07 Å². The summed E-state index contributed by atoms with van der Waals surface area (Å²) in [6, 6.07) is 7.18. The van der Waals surface area contributed by atoms with E-state index < -0.39 is 0 Å². The van der Waals surface area contributed by atoms with Gasteiger partial charge in [0.15, 0.2) is 0 Å². The Morgan fingerprint density at radius 3 is 2.60 bits per heavy atom. The van der Waals surface area contributed by atoms with Crippen LogP contribution in [0.4, 0.5) is 11.8 Å². The third-order valence-electron chi connectivity index (χ3n) is 6.34. The summed E-state index contributed by atoms with van der Waals surface area (Å²) < 4.78 is 0. The highest BCUT2D eigenvalue weighted by molar-refractivity contribution is 6.31. The molecule has 2 fully saturated rings. The number of benzene rings is 1. The molecule has 2 aliphatic heterocycles. The average Bonchev–Trinajstić information content (AvgIpc) is 2.83. The Morgan fingerprint density at radius 1 is 1.14 bits per heavy atom. The Hall–Kier alpha value is -3.34. The highest BCUT2D eigenvalue weighted by Gasteiger charge is 2.51. The standard InChI is InChI=1S/C24H27ClN8O2/c1-32-12-24(13-32)14-33(15-24)23-30-9-18(22(35)29-10-20-26-5-2-6-27-20)21(31-23)28-8-16-3-4-17(11-34)19(25)7-16/h2-7,9,34H,8,10-15H2,1H3,(H,29,35)(H,28,30,31). The number of anilines is 2. The number of likely N-dealkylation sites (tertiary alicyclic amines) is 1. The second-order valence-electron chi connectivity index (χ2n) is 9.25. The first-order valence-electron chi connectivity index (χ1n) is 11.4. The van der Waals surface area contributed by atoms with E-state index >= 15 is 0 Å². The Balaban J connectivity index is 1.33. The number of aromatic nitrogens is 4. The van der Waals surface area contributed by atoms with Gasteiger partial charge in [0.1, 0.15) is 17.2 Å². The summed E-state index contributed by atoms with van der Waals surface area (Å²) in [6.45, 7) is 4.46. The third kappa shape index (κ3) is 5.04. The maximum Gasteiger partial charge on any atom is 0.256 e. The molecule has 3 N–H and O–H groups in total. The number of carbonyl (C=O) groups excluding carboxylic acids is 1. The summed E-state index contributed by atoms with van der Waals surface area (Å²) in [7, 11) is 2.12. The van der Waals surface area contributed by atoms with Gasteiger partial charge in [-0.3, -0.25) is 4.79 Å². The Bertz CT molecular complexity index is 1210. The molecule has 0 saturated carbocycles. The lowest BCUT2D eigenvalue weighted by atomic mass is 9.73.